The Hall–Kier alpha value is -7.76. The number of hydrogen-bond donors (Lipinski definition) is 0. The quantitative estimate of drug-likeness (QED) is 0.154. The van der Waals surface area contributed by atoms with Gasteiger partial charge in [-0.25, -0.2) is 0 Å². The Bertz CT molecular complexity index is 3590. The molecule has 4 nitrogen and oxygen atoms in total. The van der Waals surface area contributed by atoms with Gasteiger partial charge in [-0.05, 0) is 146 Å². The molecule has 0 radical (unpaired) electrons. The van der Waals surface area contributed by atoms with Crippen LogP contribution in [0.15, 0.2) is 206 Å². The summed E-state index contributed by atoms with van der Waals surface area (Å²) in [6.07, 6.45) is 0. The molecule has 0 atom stereocenters. The number of hydrogen-bond acceptors (Lipinski definition) is 3. The van der Waals surface area contributed by atoms with Crippen molar-refractivity contribution in [3.8, 4) is 5.69 Å². The van der Waals surface area contributed by atoms with Crippen molar-refractivity contribution in [3.05, 3.63) is 223 Å². The van der Waals surface area contributed by atoms with E-state index in [-0.39, 0.29) is 23.0 Å². The first-order chi connectivity index (χ1) is 34.1. The summed E-state index contributed by atoms with van der Waals surface area (Å²) >= 11 is 0. The zero-order valence-corrected chi connectivity index (χ0v) is 42.5. The van der Waals surface area contributed by atoms with Gasteiger partial charge in [0.25, 0.3) is 6.71 Å². The van der Waals surface area contributed by atoms with Crippen LogP contribution in [0.5, 0.6) is 0 Å². The first-order valence-corrected chi connectivity index (χ1v) is 25.3. The summed E-state index contributed by atoms with van der Waals surface area (Å²) in [7, 11) is 0. The van der Waals surface area contributed by atoms with Crippen molar-refractivity contribution in [1.29, 1.82) is 0 Å². The van der Waals surface area contributed by atoms with E-state index in [2.05, 4.69) is 288 Å². The van der Waals surface area contributed by atoms with Gasteiger partial charge in [-0.1, -0.05) is 172 Å². The predicted octanol–water partition coefficient (Wildman–Crippen LogP) is 16.2. The first-order valence-electron chi connectivity index (χ1n) is 25.3. The first kappa shape index (κ1) is 44.5. The van der Waals surface area contributed by atoms with Gasteiger partial charge in [-0.15, -0.1) is 0 Å². The lowest BCUT2D eigenvalue weighted by molar-refractivity contribution is 0.590. The molecule has 71 heavy (non-hydrogen) atoms. The molecule has 5 heteroatoms. The van der Waals surface area contributed by atoms with E-state index in [0.717, 1.165) is 34.1 Å². The number of fused-ring (bicyclic) bond motifs is 8. The molecule has 9 aromatic carbocycles. The molecule has 0 fully saturated rings. The van der Waals surface area contributed by atoms with Crippen molar-refractivity contribution < 1.29 is 0 Å². The standard InChI is InChI=1S/C66H61BN4/c1-64(2,3)44-27-33-49(34-28-44)69-56-24-17-16-23-53(56)61-57(69)42-41-55-63(61)71(51-37-31-46(32-38-51)66(7,8)9)59-26-18-25-58-62(59)67(55)54-40-39-52(68(47-19-12-10-13-20-47)48-21-14-11-15-22-48)43-60(54)70(58)50-35-29-45(30-36-50)65(4,5)6/h10-43H,1-9H3. The van der Waals surface area contributed by atoms with Gasteiger partial charge >= 0.3 is 0 Å². The molecule has 0 aliphatic carbocycles. The van der Waals surface area contributed by atoms with Crippen LogP contribution in [0, 0.1) is 0 Å². The SMILES string of the molecule is CC(C)(C)c1ccc(N2c3cc(N(c4ccccc4)c4ccccc4)ccc3B3c4ccc5c(c4N(c4ccc(C(C)(C)C)cc4)c4cccc2c43)c2ccccc2n5-c2ccc(C(C)(C)C)cc2)cc1. The van der Waals surface area contributed by atoms with Gasteiger partial charge in [0.15, 0.2) is 0 Å². The van der Waals surface area contributed by atoms with Crippen molar-refractivity contribution in [2.24, 2.45) is 0 Å². The number of rotatable bonds is 6. The minimum Gasteiger partial charge on any atom is -0.311 e. The average molecular weight is 921 g/mol. The fourth-order valence-electron chi connectivity index (χ4n) is 11.4. The fourth-order valence-corrected chi connectivity index (χ4v) is 11.4. The third kappa shape index (κ3) is 7.36. The summed E-state index contributed by atoms with van der Waals surface area (Å²) in [4.78, 5) is 7.51. The van der Waals surface area contributed by atoms with Crippen LogP contribution in [0.1, 0.15) is 79.0 Å². The third-order valence-corrected chi connectivity index (χ3v) is 15.0. The lowest BCUT2D eigenvalue weighted by atomic mass is 9.33. The molecule has 0 amide bonds. The molecule has 1 aromatic heterocycles. The summed E-state index contributed by atoms with van der Waals surface area (Å²) < 4.78 is 2.48. The summed E-state index contributed by atoms with van der Waals surface area (Å²) in [5.41, 5.74) is 21.9. The van der Waals surface area contributed by atoms with Crippen molar-refractivity contribution in [2.75, 3.05) is 14.7 Å². The van der Waals surface area contributed by atoms with Gasteiger partial charge in [0, 0.05) is 62.0 Å². The van der Waals surface area contributed by atoms with Crippen LogP contribution in [0.3, 0.4) is 0 Å². The van der Waals surface area contributed by atoms with Crippen molar-refractivity contribution in [3.63, 3.8) is 0 Å². The van der Waals surface area contributed by atoms with E-state index in [1.54, 1.807) is 0 Å². The molecule has 10 aromatic rings. The highest BCUT2D eigenvalue weighted by molar-refractivity contribution is 7.00. The average Bonchev–Trinajstić information content (AvgIpc) is 3.71. The van der Waals surface area contributed by atoms with Crippen LogP contribution in [-0.2, 0) is 16.2 Å². The smallest absolute Gasteiger partial charge is 0.252 e. The third-order valence-electron chi connectivity index (χ3n) is 15.0. The molecule has 0 saturated carbocycles. The number of nitrogens with zero attached hydrogens (tertiary/aromatic N) is 4. The molecule has 0 spiro atoms. The molecule has 0 N–H and O–H groups in total. The highest BCUT2D eigenvalue weighted by atomic mass is 15.2. The van der Waals surface area contributed by atoms with Gasteiger partial charge in [-0.2, -0.15) is 0 Å². The summed E-state index contributed by atoms with van der Waals surface area (Å²) in [5, 5.41) is 2.50. The second-order valence-corrected chi connectivity index (χ2v) is 22.7. The minimum absolute atomic E-state index is 0.0147. The highest BCUT2D eigenvalue weighted by Gasteiger charge is 2.44. The van der Waals surface area contributed by atoms with Crippen LogP contribution in [0.2, 0.25) is 0 Å². The lowest BCUT2D eigenvalue weighted by Crippen LogP contribution is -2.61. The largest absolute Gasteiger partial charge is 0.311 e. The summed E-state index contributed by atoms with van der Waals surface area (Å²) in [6, 6.07) is 77.5. The predicted molar refractivity (Wildman–Crippen MR) is 306 cm³/mol. The minimum atomic E-state index is -0.0603. The molecule has 3 heterocycles. The Kier molecular flexibility index (Phi) is 10.3. The Morgan fingerprint density at radius 1 is 0.366 bits per heavy atom. The van der Waals surface area contributed by atoms with E-state index < -0.39 is 0 Å². The van der Waals surface area contributed by atoms with E-state index in [9.17, 15) is 0 Å². The molecule has 0 unspecified atom stereocenters. The van der Waals surface area contributed by atoms with Crippen LogP contribution >= 0.6 is 0 Å². The van der Waals surface area contributed by atoms with Crippen LogP contribution in [-0.4, -0.2) is 11.3 Å². The van der Waals surface area contributed by atoms with Crippen LogP contribution < -0.4 is 31.1 Å². The zero-order chi connectivity index (χ0) is 49.0. The van der Waals surface area contributed by atoms with E-state index in [1.807, 2.05) is 0 Å². The van der Waals surface area contributed by atoms with Gasteiger partial charge in [0.05, 0.1) is 16.7 Å². The molecule has 2 aliphatic rings. The van der Waals surface area contributed by atoms with Crippen LogP contribution in [0.4, 0.5) is 51.2 Å². The maximum Gasteiger partial charge on any atom is 0.252 e. The highest BCUT2D eigenvalue weighted by Crippen LogP contribution is 2.49. The molecule has 348 valence electrons. The summed E-state index contributed by atoms with van der Waals surface area (Å²) in [5.74, 6) is 0. The number of benzene rings is 9. The number of anilines is 9. The van der Waals surface area contributed by atoms with Gasteiger partial charge in [-0.3, -0.25) is 0 Å². The molecule has 12 rings (SSSR count). The Morgan fingerprint density at radius 2 is 0.845 bits per heavy atom. The second kappa shape index (κ2) is 16.4. The molecule has 0 bridgehead atoms. The van der Waals surface area contributed by atoms with Gasteiger partial charge < -0.3 is 19.3 Å². The maximum atomic E-state index is 2.59. The monoisotopic (exact) mass is 920 g/mol. The lowest BCUT2D eigenvalue weighted by Gasteiger charge is -2.44. The topological polar surface area (TPSA) is 14.7 Å². The Labute approximate surface area is 420 Å². The Balaban J connectivity index is 1.16. The normalized spacial score (nSPS) is 13.3. The second-order valence-electron chi connectivity index (χ2n) is 22.7. The molecule has 2 aliphatic heterocycles. The van der Waals surface area contributed by atoms with Gasteiger partial charge in [0.2, 0.25) is 0 Å². The molecular formula is C66H61BN4. The number of aromatic nitrogens is 1. The van der Waals surface area contributed by atoms with E-state index >= 15 is 0 Å². The number of para-hydroxylation sites is 3. The Morgan fingerprint density at radius 3 is 1.39 bits per heavy atom. The maximum absolute atomic E-state index is 2.59. The van der Waals surface area contributed by atoms with Crippen LogP contribution in [0.25, 0.3) is 27.5 Å². The van der Waals surface area contributed by atoms with Crippen molar-refractivity contribution >= 4 is 96.1 Å². The van der Waals surface area contributed by atoms with E-state index in [1.165, 1.54) is 77.6 Å². The zero-order valence-electron chi connectivity index (χ0n) is 42.5. The molecule has 0 saturated heterocycles. The van der Waals surface area contributed by atoms with E-state index in [0.29, 0.717) is 0 Å². The summed E-state index contributed by atoms with van der Waals surface area (Å²) in [6.45, 7) is 20.6. The van der Waals surface area contributed by atoms with E-state index in [4.69, 9.17) is 0 Å². The van der Waals surface area contributed by atoms with Gasteiger partial charge in [0.1, 0.15) is 0 Å². The van der Waals surface area contributed by atoms with Crippen molar-refractivity contribution in [2.45, 2.75) is 78.6 Å². The fraction of sp³-hybridized carbons (Fsp3) is 0.182. The van der Waals surface area contributed by atoms with Crippen molar-refractivity contribution in [1.82, 2.24) is 4.57 Å². The molecular weight excluding hydrogens is 860 g/mol.